The lowest BCUT2D eigenvalue weighted by Crippen LogP contribution is -2.24. The topological polar surface area (TPSA) is 79.8 Å². The normalized spacial score (nSPS) is 11.0. The Morgan fingerprint density at radius 3 is 2.40 bits per heavy atom. The van der Waals surface area contributed by atoms with Crippen molar-refractivity contribution in [1.82, 2.24) is 20.1 Å². The number of hydrogen-bond acceptors (Lipinski definition) is 3. The van der Waals surface area contributed by atoms with Gasteiger partial charge in [0, 0.05) is 23.9 Å². The number of H-pyrrole nitrogens is 1. The summed E-state index contributed by atoms with van der Waals surface area (Å²) in [5.41, 5.74) is 4.80. The molecule has 0 spiro atoms. The molecule has 0 atom stereocenters. The second-order valence-corrected chi connectivity index (χ2v) is 7.38. The largest absolute Gasteiger partial charge is 0.352 e. The maximum absolute atomic E-state index is 12.8. The standard InChI is InChI=1S/C24H24N4O2/c1-16-20(13-14-21(29)25-15-18-9-5-3-6-10-18)24(30)26-23-22(16)17(2)27-28(23)19-11-7-4-8-12-19/h3-12H,13-15H2,1-2H3,(H,25,29)(H,26,30). The average Bonchev–Trinajstić information content (AvgIpc) is 3.09. The molecule has 0 aliphatic heterocycles. The van der Waals surface area contributed by atoms with Gasteiger partial charge in [-0.05, 0) is 43.5 Å². The quantitative estimate of drug-likeness (QED) is 0.519. The SMILES string of the molecule is Cc1nn(-c2ccccc2)c2[nH]c(=O)c(CCC(=O)NCc3ccccc3)c(C)c12. The van der Waals surface area contributed by atoms with Crippen LogP contribution in [0, 0.1) is 13.8 Å². The lowest BCUT2D eigenvalue weighted by Gasteiger charge is -2.09. The van der Waals surface area contributed by atoms with E-state index in [4.69, 9.17) is 0 Å². The summed E-state index contributed by atoms with van der Waals surface area (Å²) in [6, 6.07) is 19.5. The van der Waals surface area contributed by atoms with E-state index in [9.17, 15) is 9.59 Å². The molecule has 4 aromatic rings. The third-order valence-corrected chi connectivity index (χ3v) is 5.33. The first-order chi connectivity index (χ1) is 14.5. The molecule has 152 valence electrons. The van der Waals surface area contributed by atoms with Crippen LogP contribution in [0.15, 0.2) is 65.5 Å². The first-order valence-corrected chi connectivity index (χ1v) is 10.0. The van der Waals surface area contributed by atoms with E-state index in [1.807, 2.05) is 74.5 Å². The zero-order valence-corrected chi connectivity index (χ0v) is 17.1. The van der Waals surface area contributed by atoms with Crippen molar-refractivity contribution < 1.29 is 4.79 Å². The van der Waals surface area contributed by atoms with Crippen LogP contribution in [-0.2, 0) is 17.8 Å². The molecule has 0 saturated carbocycles. The van der Waals surface area contributed by atoms with Gasteiger partial charge in [-0.15, -0.1) is 0 Å². The fourth-order valence-electron chi connectivity index (χ4n) is 3.78. The minimum Gasteiger partial charge on any atom is -0.352 e. The van der Waals surface area contributed by atoms with E-state index in [1.165, 1.54) is 0 Å². The summed E-state index contributed by atoms with van der Waals surface area (Å²) >= 11 is 0. The number of rotatable bonds is 6. The molecule has 0 saturated heterocycles. The minimum absolute atomic E-state index is 0.0746. The van der Waals surface area contributed by atoms with Crippen LogP contribution >= 0.6 is 0 Å². The number of carbonyl (C=O) groups is 1. The summed E-state index contributed by atoms with van der Waals surface area (Å²) in [6.07, 6.45) is 0.641. The highest BCUT2D eigenvalue weighted by atomic mass is 16.1. The van der Waals surface area contributed by atoms with Crippen LogP contribution in [0.25, 0.3) is 16.7 Å². The number of nitrogens with zero attached hydrogens (tertiary/aromatic N) is 2. The fourth-order valence-corrected chi connectivity index (χ4v) is 3.78. The number of carbonyl (C=O) groups excluding carboxylic acids is 1. The number of aromatic amines is 1. The number of amides is 1. The van der Waals surface area contributed by atoms with Crippen molar-refractivity contribution in [2.45, 2.75) is 33.2 Å². The molecule has 6 nitrogen and oxygen atoms in total. The molecule has 30 heavy (non-hydrogen) atoms. The number of aromatic nitrogens is 3. The summed E-state index contributed by atoms with van der Waals surface area (Å²) in [5, 5.41) is 8.47. The molecule has 0 radical (unpaired) electrons. The lowest BCUT2D eigenvalue weighted by molar-refractivity contribution is -0.121. The van der Waals surface area contributed by atoms with Gasteiger partial charge >= 0.3 is 0 Å². The first-order valence-electron chi connectivity index (χ1n) is 10.0. The minimum atomic E-state index is -0.173. The van der Waals surface area contributed by atoms with Gasteiger partial charge in [0.2, 0.25) is 5.91 Å². The van der Waals surface area contributed by atoms with Gasteiger partial charge in [0.05, 0.1) is 11.4 Å². The van der Waals surface area contributed by atoms with E-state index in [-0.39, 0.29) is 17.9 Å². The third-order valence-electron chi connectivity index (χ3n) is 5.33. The summed E-state index contributed by atoms with van der Waals surface area (Å²) in [4.78, 5) is 28.1. The van der Waals surface area contributed by atoms with Gasteiger partial charge < -0.3 is 10.3 Å². The zero-order valence-electron chi connectivity index (χ0n) is 17.1. The first kappa shape index (κ1) is 19.6. The van der Waals surface area contributed by atoms with Crippen molar-refractivity contribution in [3.63, 3.8) is 0 Å². The Labute approximate surface area is 174 Å². The van der Waals surface area contributed by atoms with E-state index >= 15 is 0 Å². The Morgan fingerprint density at radius 2 is 1.70 bits per heavy atom. The van der Waals surface area contributed by atoms with Crippen LogP contribution in [0.5, 0.6) is 0 Å². The molecule has 4 rings (SSSR count). The Balaban J connectivity index is 1.56. The highest BCUT2D eigenvalue weighted by Gasteiger charge is 2.17. The molecule has 2 aromatic carbocycles. The summed E-state index contributed by atoms with van der Waals surface area (Å²) in [7, 11) is 0. The fraction of sp³-hybridized carbons (Fsp3) is 0.208. The molecule has 6 heteroatoms. The molecule has 0 bridgehead atoms. The van der Waals surface area contributed by atoms with Gasteiger partial charge in [0.1, 0.15) is 5.65 Å². The van der Waals surface area contributed by atoms with Crippen LogP contribution in [0.1, 0.15) is 28.8 Å². The number of nitrogens with one attached hydrogen (secondary N) is 2. The molecule has 0 aliphatic rings. The average molecular weight is 400 g/mol. The molecular formula is C24H24N4O2. The van der Waals surface area contributed by atoms with E-state index in [0.29, 0.717) is 24.2 Å². The maximum Gasteiger partial charge on any atom is 0.253 e. The van der Waals surface area contributed by atoms with Gasteiger partial charge in [0.25, 0.3) is 5.56 Å². The highest BCUT2D eigenvalue weighted by Crippen LogP contribution is 2.24. The van der Waals surface area contributed by atoms with Gasteiger partial charge in [-0.3, -0.25) is 9.59 Å². The van der Waals surface area contributed by atoms with Crippen LogP contribution in [-0.4, -0.2) is 20.7 Å². The van der Waals surface area contributed by atoms with Crippen molar-refractivity contribution in [1.29, 1.82) is 0 Å². The Kier molecular flexibility index (Phi) is 5.48. The number of aryl methyl sites for hydroxylation is 2. The second-order valence-electron chi connectivity index (χ2n) is 7.38. The Bertz CT molecular complexity index is 1240. The van der Waals surface area contributed by atoms with Gasteiger partial charge in [-0.1, -0.05) is 48.5 Å². The lowest BCUT2D eigenvalue weighted by atomic mass is 10.0. The van der Waals surface area contributed by atoms with Crippen LogP contribution in [0.2, 0.25) is 0 Å². The number of pyridine rings is 1. The molecular weight excluding hydrogens is 376 g/mol. The predicted molar refractivity (Wildman–Crippen MR) is 118 cm³/mol. The van der Waals surface area contributed by atoms with E-state index in [2.05, 4.69) is 15.4 Å². The molecule has 1 amide bonds. The van der Waals surface area contributed by atoms with Crippen molar-refractivity contribution in [3.8, 4) is 5.69 Å². The highest BCUT2D eigenvalue weighted by molar-refractivity contribution is 5.84. The van der Waals surface area contributed by atoms with Crippen molar-refractivity contribution >= 4 is 16.9 Å². The molecule has 0 aliphatic carbocycles. The van der Waals surface area contributed by atoms with Crippen LogP contribution in [0.4, 0.5) is 0 Å². The monoisotopic (exact) mass is 400 g/mol. The van der Waals surface area contributed by atoms with Gasteiger partial charge in [-0.2, -0.15) is 5.10 Å². The van der Waals surface area contributed by atoms with Gasteiger partial charge in [-0.25, -0.2) is 4.68 Å². The van der Waals surface area contributed by atoms with Crippen molar-refractivity contribution in [2.24, 2.45) is 0 Å². The third kappa shape index (κ3) is 3.89. The van der Waals surface area contributed by atoms with E-state index < -0.39 is 0 Å². The number of fused-ring (bicyclic) bond motifs is 1. The zero-order chi connectivity index (χ0) is 21.1. The van der Waals surface area contributed by atoms with Crippen LogP contribution < -0.4 is 10.9 Å². The smallest absolute Gasteiger partial charge is 0.253 e. The van der Waals surface area contributed by atoms with Crippen LogP contribution in [0.3, 0.4) is 0 Å². The Hall–Kier alpha value is -3.67. The maximum atomic E-state index is 12.8. The number of para-hydroxylation sites is 1. The summed E-state index contributed by atoms with van der Waals surface area (Å²) < 4.78 is 1.76. The molecule has 0 unspecified atom stereocenters. The van der Waals surface area contributed by atoms with Crippen molar-refractivity contribution in [2.75, 3.05) is 0 Å². The van der Waals surface area contributed by atoms with Gasteiger partial charge in [0.15, 0.2) is 0 Å². The second kappa shape index (κ2) is 8.37. The van der Waals surface area contributed by atoms with E-state index in [1.54, 1.807) is 4.68 Å². The summed E-state index contributed by atoms with van der Waals surface area (Å²) in [6.45, 7) is 4.35. The number of hydrogen-bond donors (Lipinski definition) is 2. The van der Waals surface area contributed by atoms with Crippen molar-refractivity contribution in [3.05, 3.63) is 93.4 Å². The van der Waals surface area contributed by atoms with E-state index in [0.717, 1.165) is 27.9 Å². The Morgan fingerprint density at radius 1 is 1.03 bits per heavy atom. The molecule has 2 heterocycles. The predicted octanol–water partition coefficient (Wildman–Crippen LogP) is 3.58. The molecule has 2 aromatic heterocycles. The summed E-state index contributed by atoms with van der Waals surface area (Å²) in [5.74, 6) is -0.0746. The molecule has 0 fully saturated rings. The number of benzene rings is 2. The molecule has 2 N–H and O–H groups in total.